The average molecular weight is 330 g/mol. The van der Waals surface area contributed by atoms with Crippen LogP contribution in [0, 0.1) is 0 Å². The minimum Gasteiger partial charge on any atom is -0.495 e. The van der Waals surface area contributed by atoms with E-state index in [1.165, 1.54) is 0 Å². The van der Waals surface area contributed by atoms with E-state index in [9.17, 15) is 4.79 Å². The van der Waals surface area contributed by atoms with E-state index in [1.807, 2.05) is 25.1 Å². The van der Waals surface area contributed by atoms with E-state index in [1.54, 1.807) is 37.4 Å². The molecule has 0 aliphatic heterocycles. The Morgan fingerprint density at radius 2 is 1.83 bits per heavy atom. The van der Waals surface area contributed by atoms with E-state index in [-0.39, 0.29) is 11.0 Å². The first-order valence-electron chi connectivity index (χ1n) is 7.12. The number of ether oxygens (including phenoxy) is 2. The summed E-state index contributed by atoms with van der Waals surface area (Å²) in [5.74, 6) is 1.07. The zero-order valence-corrected chi connectivity index (χ0v) is 13.8. The van der Waals surface area contributed by atoms with Crippen LogP contribution in [-0.2, 0) is 0 Å². The summed E-state index contributed by atoms with van der Waals surface area (Å²) >= 11 is 5.16. The molecule has 2 rings (SSSR count). The standard InChI is InChI=1S/C17H18N2O3S/c1-3-22-13-10-8-12(9-11-13)16(20)19-17(23)18-14-6-4-5-7-15(14)21-2/h4-11H,3H2,1-2H3,(H2,18,19,20,23). The molecular formula is C17H18N2O3S. The first-order valence-corrected chi connectivity index (χ1v) is 7.53. The summed E-state index contributed by atoms with van der Waals surface area (Å²) in [6, 6.07) is 14.2. The van der Waals surface area contributed by atoms with Gasteiger partial charge in [0, 0.05) is 5.56 Å². The number of rotatable bonds is 5. The molecule has 0 saturated carbocycles. The number of anilines is 1. The number of methoxy groups -OCH3 is 1. The molecule has 0 saturated heterocycles. The topological polar surface area (TPSA) is 59.6 Å². The van der Waals surface area contributed by atoms with Crippen LogP contribution in [0.4, 0.5) is 5.69 Å². The van der Waals surface area contributed by atoms with Gasteiger partial charge in [-0.25, -0.2) is 0 Å². The highest BCUT2D eigenvalue weighted by Crippen LogP contribution is 2.22. The summed E-state index contributed by atoms with van der Waals surface area (Å²) in [6.07, 6.45) is 0. The smallest absolute Gasteiger partial charge is 0.257 e. The molecule has 120 valence electrons. The van der Waals surface area contributed by atoms with Crippen molar-refractivity contribution in [1.82, 2.24) is 5.32 Å². The van der Waals surface area contributed by atoms with Gasteiger partial charge in [0.2, 0.25) is 0 Å². The molecule has 0 aromatic heterocycles. The van der Waals surface area contributed by atoms with Crippen molar-refractivity contribution >= 4 is 28.9 Å². The van der Waals surface area contributed by atoms with Crippen molar-refractivity contribution in [2.45, 2.75) is 6.92 Å². The van der Waals surface area contributed by atoms with Crippen molar-refractivity contribution in [2.75, 3.05) is 19.0 Å². The predicted molar refractivity (Wildman–Crippen MR) is 94.3 cm³/mol. The number of hydrogen-bond donors (Lipinski definition) is 2. The third-order valence-corrected chi connectivity index (χ3v) is 3.21. The first kappa shape index (κ1) is 16.8. The zero-order valence-electron chi connectivity index (χ0n) is 13.0. The first-order chi connectivity index (χ1) is 11.1. The van der Waals surface area contributed by atoms with E-state index in [0.717, 1.165) is 5.75 Å². The summed E-state index contributed by atoms with van der Waals surface area (Å²) < 4.78 is 10.6. The summed E-state index contributed by atoms with van der Waals surface area (Å²) in [6.45, 7) is 2.49. The minimum atomic E-state index is -0.291. The van der Waals surface area contributed by atoms with Crippen LogP contribution in [0.15, 0.2) is 48.5 Å². The van der Waals surface area contributed by atoms with Crippen LogP contribution >= 0.6 is 12.2 Å². The van der Waals surface area contributed by atoms with Crippen molar-refractivity contribution in [3.8, 4) is 11.5 Å². The van der Waals surface area contributed by atoms with E-state index in [2.05, 4.69) is 10.6 Å². The van der Waals surface area contributed by atoms with Crippen LogP contribution < -0.4 is 20.1 Å². The van der Waals surface area contributed by atoms with Crippen LogP contribution in [-0.4, -0.2) is 24.7 Å². The summed E-state index contributed by atoms with van der Waals surface area (Å²) in [7, 11) is 1.57. The molecule has 0 bridgehead atoms. The molecule has 0 atom stereocenters. The van der Waals surface area contributed by atoms with Crippen molar-refractivity contribution < 1.29 is 14.3 Å². The van der Waals surface area contributed by atoms with Gasteiger partial charge in [-0.1, -0.05) is 12.1 Å². The zero-order chi connectivity index (χ0) is 16.7. The molecule has 2 N–H and O–H groups in total. The molecule has 0 heterocycles. The molecule has 2 aromatic carbocycles. The summed E-state index contributed by atoms with van der Waals surface area (Å²) in [5, 5.41) is 5.78. The molecule has 1 amide bonds. The predicted octanol–water partition coefficient (Wildman–Crippen LogP) is 3.22. The average Bonchev–Trinajstić information content (AvgIpc) is 2.56. The normalized spacial score (nSPS) is 9.83. The summed E-state index contributed by atoms with van der Waals surface area (Å²) in [4.78, 5) is 12.2. The molecule has 2 aromatic rings. The molecule has 6 heteroatoms. The third kappa shape index (κ3) is 4.69. The van der Waals surface area contributed by atoms with Crippen molar-refractivity contribution in [3.05, 3.63) is 54.1 Å². The van der Waals surface area contributed by atoms with E-state index < -0.39 is 0 Å². The maximum absolute atomic E-state index is 12.2. The van der Waals surface area contributed by atoms with E-state index >= 15 is 0 Å². The fraction of sp³-hybridized carbons (Fsp3) is 0.176. The van der Waals surface area contributed by atoms with Crippen LogP contribution in [0.5, 0.6) is 11.5 Å². The second-order valence-corrected chi connectivity index (χ2v) is 4.97. The van der Waals surface area contributed by atoms with Crippen molar-refractivity contribution in [2.24, 2.45) is 0 Å². The van der Waals surface area contributed by atoms with E-state index in [0.29, 0.717) is 23.6 Å². The van der Waals surface area contributed by atoms with Crippen LogP contribution in [0.1, 0.15) is 17.3 Å². The van der Waals surface area contributed by atoms with Gasteiger partial charge in [-0.2, -0.15) is 0 Å². The Hall–Kier alpha value is -2.60. The highest BCUT2D eigenvalue weighted by atomic mass is 32.1. The second kappa shape index (κ2) is 8.14. The molecule has 23 heavy (non-hydrogen) atoms. The van der Waals surface area contributed by atoms with Gasteiger partial charge in [-0.15, -0.1) is 0 Å². The van der Waals surface area contributed by atoms with Gasteiger partial charge >= 0.3 is 0 Å². The number of amides is 1. The lowest BCUT2D eigenvalue weighted by atomic mass is 10.2. The fourth-order valence-corrected chi connectivity index (χ4v) is 2.15. The quantitative estimate of drug-likeness (QED) is 0.824. The molecule has 5 nitrogen and oxygen atoms in total. The number of thiocarbonyl (C=S) groups is 1. The maximum Gasteiger partial charge on any atom is 0.257 e. The van der Waals surface area contributed by atoms with Gasteiger partial charge in [-0.05, 0) is 55.5 Å². The van der Waals surface area contributed by atoms with Crippen LogP contribution in [0.2, 0.25) is 0 Å². The lowest BCUT2D eigenvalue weighted by molar-refractivity contribution is 0.0977. The molecule has 0 spiro atoms. The third-order valence-electron chi connectivity index (χ3n) is 3.01. The number of benzene rings is 2. The lowest BCUT2D eigenvalue weighted by Crippen LogP contribution is -2.34. The van der Waals surface area contributed by atoms with Crippen LogP contribution in [0.3, 0.4) is 0 Å². The maximum atomic E-state index is 12.2. The highest BCUT2D eigenvalue weighted by molar-refractivity contribution is 7.80. The van der Waals surface area contributed by atoms with Gasteiger partial charge in [0.15, 0.2) is 5.11 Å². The fourth-order valence-electron chi connectivity index (χ4n) is 1.95. The van der Waals surface area contributed by atoms with Crippen LogP contribution in [0.25, 0.3) is 0 Å². The second-order valence-electron chi connectivity index (χ2n) is 4.57. The Labute approximate surface area is 140 Å². The molecular weight excluding hydrogens is 312 g/mol. The Morgan fingerprint density at radius 3 is 2.48 bits per heavy atom. The largest absolute Gasteiger partial charge is 0.495 e. The van der Waals surface area contributed by atoms with Gasteiger partial charge in [-0.3, -0.25) is 10.1 Å². The Balaban J connectivity index is 1.98. The molecule has 0 aliphatic rings. The van der Waals surface area contributed by atoms with E-state index in [4.69, 9.17) is 21.7 Å². The molecule has 0 unspecified atom stereocenters. The highest BCUT2D eigenvalue weighted by Gasteiger charge is 2.09. The number of hydrogen-bond acceptors (Lipinski definition) is 4. The number of carbonyl (C=O) groups excluding carboxylic acids is 1. The van der Waals surface area contributed by atoms with Gasteiger partial charge in [0.05, 0.1) is 19.4 Å². The Kier molecular flexibility index (Phi) is 5.94. The number of carbonyl (C=O) groups is 1. The number of nitrogens with one attached hydrogen (secondary N) is 2. The molecule has 0 fully saturated rings. The monoisotopic (exact) mass is 330 g/mol. The molecule has 0 aliphatic carbocycles. The van der Waals surface area contributed by atoms with Gasteiger partial charge in [0.1, 0.15) is 11.5 Å². The van der Waals surface area contributed by atoms with Crippen molar-refractivity contribution in [1.29, 1.82) is 0 Å². The Morgan fingerprint density at radius 1 is 1.13 bits per heavy atom. The summed E-state index contributed by atoms with van der Waals surface area (Å²) in [5.41, 5.74) is 1.18. The lowest BCUT2D eigenvalue weighted by Gasteiger charge is -2.12. The Bertz CT molecular complexity index is 686. The van der Waals surface area contributed by atoms with Gasteiger partial charge in [0.25, 0.3) is 5.91 Å². The van der Waals surface area contributed by atoms with Gasteiger partial charge < -0.3 is 14.8 Å². The molecule has 0 radical (unpaired) electrons. The minimum absolute atomic E-state index is 0.202. The van der Waals surface area contributed by atoms with Crippen molar-refractivity contribution in [3.63, 3.8) is 0 Å². The number of para-hydroxylation sites is 2. The SMILES string of the molecule is CCOc1ccc(C(=O)NC(=S)Nc2ccccc2OC)cc1.